The minimum atomic E-state index is 0.116. The number of rotatable bonds is 13. The van der Waals surface area contributed by atoms with Crippen LogP contribution in [0.25, 0.3) is 23.1 Å². The van der Waals surface area contributed by atoms with E-state index in [0.29, 0.717) is 13.0 Å². The molecule has 0 radical (unpaired) electrons. The lowest BCUT2D eigenvalue weighted by atomic mass is 10.1. The Morgan fingerprint density at radius 2 is 1.81 bits per heavy atom. The van der Waals surface area contributed by atoms with Crippen molar-refractivity contribution in [1.82, 2.24) is 20.5 Å². The van der Waals surface area contributed by atoms with Gasteiger partial charge < -0.3 is 5.32 Å². The number of fused-ring (bicyclic) bond motifs is 1. The zero-order valence-electron chi connectivity index (χ0n) is 21.4. The maximum atomic E-state index is 12.4. The lowest BCUT2D eigenvalue weighted by molar-refractivity contribution is -0.121. The molecule has 0 aliphatic rings. The molecule has 0 atom stereocenters. The summed E-state index contributed by atoms with van der Waals surface area (Å²) in [5, 5.41) is 11.8. The average molecular weight is 511 g/mol. The standard InChI is InChI=1S/C31H34N4OS/c1-23(2)11-5-3-4-6-15-31(36)33-22-24-12-7-8-14-30(24)37-26-17-18-27-28(34-35-29(27)21-26)19-16-25-13-9-10-20-32-25/h7-10,12-14,16-21H,1,3-6,11,15,22H2,2H3,(H,33,36)(H,34,35)/b19-16+. The minimum Gasteiger partial charge on any atom is -0.352 e. The number of benzene rings is 2. The number of pyridine rings is 1. The van der Waals surface area contributed by atoms with Gasteiger partial charge in [-0.05, 0) is 80.3 Å². The smallest absolute Gasteiger partial charge is 0.220 e. The van der Waals surface area contributed by atoms with Gasteiger partial charge in [0.15, 0.2) is 0 Å². The van der Waals surface area contributed by atoms with E-state index in [4.69, 9.17) is 0 Å². The Morgan fingerprint density at radius 1 is 1.00 bits per heavy atom. The Labute approximate surface area is 223 Å². The molecule has 0 aliphatic carbocycles. The van der Waals surface area contributed by atoms with Gasteiger partial charge in [0.2, 0.25) is 5.91 Å². The average Bonchev–Trinajstić information content (AvgIpc) is 3.31. The number of aromatic nitrogens is 3. The summed E-state index contributed by atoms with van der Waals surface area (Å²) in [4.78, 5) is 18.9. The van der Waals surface area contributed by atoms with Crippen molar-refractivity contribution < 1.29 is 4.79 Å². The molecule has 5 nitrogen and oxygen atoms in total. The van der Waals surface area contributed by atoms with Crippen molar-refractivity contribution >= 4 is 40.7 Å². The Morgan fingerprint density at radius 3 is 2.62 bits per heavy atom. The number of nitrogens with one attached hydrogen (secondary N) is 2. The van der Waals surface area contributed by atoms with Crippen molar-refractivity contribution in [3.63, 3.8) is 0 Å². The second kappa shape index (κ2) is 13.6. The number of carbonyl (C=O) groups is 1. The molecule has 2 aromatic heterocycles. The topological polar surface area (TPSA) is 70.7 Å². The van der Waals surface area contributed by atoms with E-state index in [-0.39, 0.29) is 5.91 Å². The van der Waals surface area contributed by atoms with Crippen molar-refractivity contribution in [3.05, 3.63) is 96.0 Å². The van der Waals surface area contributed by atoms with Crippen LogP contribution in [0, 0.1) is 0 Å². The molecule has 0 spiro atoms. The zero-order valence-corrected chi connectivity index (χ0v) is 22.2. The van der Waals surface area contributed by atoms with Crippen molar-refractivity contribution in [2.75, 3.05) is 0 Å². The van der Waals surface area contributed by atoms with Gasteiger partial charge in [-0.1, -0.05) is 54.4 Å². The molecule has 0 saturated carbocycles. The van der Waals surface area contributed by atoms with Gasteiger partial charge >= 0.3 is 0 Å². The highest BCUT2D eigenvalue weighted by Crippen LogP contribution is 2.33. The van der Waals surface area contributed by atoms with Crippen molar-refractivity contribution in [2.45, 2.75) is 61.8 Å². The predicted octanol–water partition coefficient (Wildman–Crippen LogP) is 7.81. The summed E-state index contributed by atoms with van der Waals surface area (Å²) in [7, 11) is 0. The van der Waals surface area contributed by atoms with Gasteiger partial charge in [-0.15, -0.1) is 6.58 Å². The Kier molecular flexibility index (Phi) is 9.72. The third-order valence-electron chi connectivity index (χ3n) is 6.10. The molecule has 0 unspecified atom stereocenters. The second-order valence-corrected chi connectivity index (χ2v) is 10.4. The summed E-state index contributed by atoms with van der Waals surface area (Å²) >= 11 is 1.70. The molecule has 190 valence electrons. The van der Waals surface area contributed by atoms with Crippen LogP contribution in [-0.4, -0.2) is 21.1 Å². The largest absolute Gasteiger partial charge is 0.352 e. The monoisotopic (exact) mass is 510 g/mol. The Balaban J connectivity index is 1.32. The molecule has 0 bridgehead atoms. The lowest BCUT2D eigenvalue weighted by Crippen LogP contribution is -2.22. The van der Waals surface area contributed by atoms with Crippen LogP contribution >= 0.6 is 11.8 Å². The minimum absolute atomic E-state index is 0.116. The van der Waals surface area contributed by atoms with E-state index in [0.717, 1.165) is 69.7 Å². The highest BCUT2D eigenvalue weighted by molar-refractivity contribution is 7.99. The number of unbranched alkanes of at least 4 members (excludes halogenated alkanes) is 3. The predicted molar refractivity (Wildman–Crippen MR) is 154 cm³/mol. The SMILES string of the molecule is C=C(C)CCCCCCC(=O)NCc1ccccc1Sc1ccc2c(/C=C/c3ccccn3)n[nH]c2c1. The van der Waals surface area contributed by atoms with E-state index in [2.05, 4.69) is 64.3 Å². The number of H-pyrrole nitrogens is 1. The molecular formula is C31H34N4OS. The highest BCUT2D eigenvalue weighted by atomic mass is 32.2. The van der Waals surface area contributed by atoms with E-state index >= 15 is 0 Å². The molecule has 0 aliphatic heterocycles. The third kappa shape index (κ3) is 8.19. The normalized spacial score (nSPS) is 11.3. The molecule has 2 aromatic carbocycles. The van der Waals surface area contributed by atoms with Crippen LogP contribution < -0.4 is 5.32 Å². The van der Waals surface area contributed by atoms with Gasteiger partial charge in [0.25, 0.3) is 0 Å². The number of carbonyl (C=O) groups excluding carboxylic acids is 1. The molecule has 6 heteroatoms. The summed E-state index contributed by atoms with van der Waals surface area (Å²) in [5.41, 5.74) is 5.12. The third-order valence-corrected chi connectivity index (χ3v) is 7.21. The quantitative estimate of drug-likeness (QED) is 0.142. The van der Waals surface area contributed by atoms with Crippen LogP contribution in [0.2, 0.25) is 0 Å². The highest BCUT2D eigenvalue weighted by Gasteiger charge is 2.09. The number of nitrogens with zero attached hydrogens (tertiary/aromatic N) is 2. The van der Waals surface area contributed by atoms with Gasteiger partial charge in [-0.3, -0.25) is 14.9 Å². The van der Waals surface area contributed by atoms with Crippen LogP contribution in [-0.2, 0) is 11.3 Å². The maximum Gasteiger partial charge on any atom is 0.220 e. The number of hydrogen-bond acceptors (Lipinski definition) is 4. The first-order valence-electron chi connectivity index (χ1n) is 12.8. The summed E-state index contributed by atoms with van der Waals surface area (Å²) in [6.07, 6.45) is 11.7. The second-order valence-electron chi connectivity index (χ2n) is 9.26. The van der Waals surface area contributed by atoms with Crippen molar-refractivity contribution in [1.29, 1.82) is 0 Å². The van der Waals surface area contributed by atoms with Crippen molar-refractivity contribution in [2.24, 2.45) is 0 Å². The first-order chi connectivity index (χ1) is 18.1. The van der Waals surface area contributed by atoms with Gasteiger partial charge in [-0.25, -0.2) is 0 Å². The van der Waals surface area contributed by atoms with Crippen molar-refractivity contribution in [3.8, 4) is 0 Å². The van der Waals surface area contributed by atoms with Crippen LogP contribution in [0.3, 0.4) is 0 Å². The molecule has 1 amide bonds. The van der Waals surface area contributed by atoms with E-state index in [1.54, 1.807) is 18.0 Å². The van der Waals surface area contributed by atoms with Crippen LogP contribution in [0.15, 0.2) is 88.8 Å². The number of hydrogen-bond donors (Lipinski definition) is 2. The van der Waals surface area contributed by atoms with Gasteiger partial charge in [0, 0.05) is 34.3 Å². The zero-order chi connectivity index (χ0) is 25.9. The molecular weight excluding hydrogens is 476 g/mol. The number of aromatic amines is 1. The molecule has 2 N–H and O–H groups in total. The fourth-order valence-corrected chi connectivity index (χ4v) is 5.06. The van der Waals surface area contributed by atoms with E-state index in [1.165, 1.54) is 5.57 Å². The molecule has 4 aromatic rings. The summed E-state index contributed by atoms with van der Waals surface area (Å²) < 4.78 is 0. The Hall–Kier alpha value is -3.64. The maximum absolute atomic E-state index is 12.4. The van der Waals surface area contributed by atoms with Crippen LogP contribution in [0.1, 0.15) is 62.4 Å². The van der Waals surface area contributed by atoms with Gasteiger partial charge in [0.05, 0.1) is 16.9 Å². The fourth-order valence-electron chi connectivity index (χ4n) is 4.07. The van der Waals surface area contributed by atoms with Crippen LogP contribution in [0.5, 0.6) is 0 Å². The first kappa shape index (κ1) is 26.4. The molecule has 37 heavy (non-hydrogen) atoms. The first-order valence-corrected chi connectivity index (χ1v) is 13.6. The molecule has 0 saturated heterocycles. The van der Waals surface area contributed by atoms with Gasteiger partial charge in [-0.2, -0.15) is 5.10 Å². The fraction of sp³-hybridized carbons (Fsp3) is 0.258. The Bertz CT molecular complexity index is 1360. The summed E-state index contributed by atoms with van der Waals surface area (Å²) in [6, 6.07) is 20.4. The number of allylic oxidation sites excluding steroid dienone is 1. The van der Waals surface area contributed by atoms with E-state index < -0.39 is 0 Å². The molecule has 4 rings (SSSR count). The van der Waals surface area contributed by atoms with Gasteiger partial charge in [0.1, 0.15) is 0 Å². The summed E-state index contributed by atoms with van der Waals surface area (Å²) in [5.74, 6) is 0.116. The lowest BCUT2D eigenvalue weighted by Gasteiger charge is -2.11. The van der Waals surface area contributed by atoms with E-state index in [1.807, 2.05) is 42.5 Å². The number of amides is 1. The van der Waals surface area contributed by atoms with Crippen LogP contribution in [0.4, 0.5) is 0 Å². The van der Waals surface area contributed by atoms with E-state index in [9.17, 15) is 4.79 Å². The summed E-state index contributed by atoms with van der Waals surface area (Å²) in [6.45, 7) is 6.55. The molecule has 2 heterocycles. The molecule has 0 fully saturated rings.